The van der Waals surface area contributed by atoms with Crippen LogP contribution in [0.2, 0.25) is 0 Å². The van der Waals surface area contributed by atoms with Crippen molar-refractivity contribution in [3.63, 3.8) is 0 Å². The molecule has 2 N–H and O–H groups in total. The van der Waals surface area contributed by atoms with E-state index < -0.39 is 4.92 Å². The Bertz CT molecular complexity index is 564. The molecule has 1 aromatic carbocycles. The Labute approximate surface area is 131 Å². The van der Waals surface area contributed by atoms with Crippen LogP contribution in [-0.4, -0.2) is 28.3 Å². The molecule has 1 saturated heterocycles. The van der Waals surface area contributed by atoms with E-state index in [2.05, 4.69) is 27.8 Å². The molecule has 1 aliphatic rings. The molecule has 1 heterocycles. The third kappa shape index (κ3) is 3.79. The largest absolute Gasteiger partial charge is 0.369 e. The molecule has 0 aliphatic carbocycles. The van der Waals surface area contributed by atoms with Crippen molar-refractivity contribution in [3.05, 3.63) is 38.3 Å². The van der Waals surface area contributed by atoms with Crippen LogP contribution in [0.1, 0.15) is 25.3 Å². The van der Waals surface area contributed by atoms with Crippen molar-refractivity contribution in [2.75, 3.05) is 6.54 Å². The molecule has 21 heavy (non-hydrogen) atoms. The van der Waals surface area contributed by atoms with Gasteiger partial charge in [0.05, 0.1) is 15.3 Å². The minimum Gasteiger partial charge on any atom is -0.369 e. The number of rotatable bonds is 4. The fourth-order valence-corrected chi connectivity index (χ4v) is 3.05. The lowest BCUT2D eigenvalue weighted by Gasteiger charge is -2.36. The van der Waals surface area contributed by atoms with Gasteiger partial charge in [0, 0.05) is 25.2 Å². The number of likely N-dealkylation sites (tertiary alicyclic amines) is 1. The summed E-state index contributed by atoms with van der Waals surface area (Å²) in [7, 11) is 0. The normalized spacial score (nSPS) is 23.0. The van der Waals surface area contributed by atoms with Gasteiger partial charge in [-0.2, -0.15) is 0 Å². The van der Waals surface area contributed by atoms with E-state index in [0.29, 0.717) is 23.6 Å². The summed E-state index contributed by atoms with van der Waals surface area (Å²) in [4.78, 5) is 24.1. The van der Waals surface area contributed by atoms with Crippen molar-refractivity contribution < 1.29 is 9.72 Å². The summed E-state index contributed by atoms with van der Waals surface area (Å²) in [6, 6.07) is 5.46. The van der Waals surface area contributed by atoms with E-state index in [1.807, 2.05) is 6.07 Å². The van der Waals surface area contributed by atoms with Gasteiger partial charge in [0.25, 0.3) is 5.69 Å². The molecule has 1 fully saturated rings. The molecular formula is C14H18BrN3O3. The average Bonchev–Trinajstić information content (AvgIpc) is 2.42. The summed E-state index contributed by atoms with van der Waals surface area (Å²) in [5, 5.41) is 11.0. The molecule has 1 aliphatic heterocycles. The molecule has 114 valence electrons. The van der Waals surface area contributed by atoms with E-state index in [9.17, 15) is 14.9 Å². The first-order chi connectivity index (χ1) is 9.88. The van der Waals surface area contributed by atoms with E-state index in [-0.39, 0.29) is 17.5 Å². The number of piperidine rings is 1. The summed E-state index contributed by atoms with van der Waals surface area (Å²) in [5.74, 6) is -0.402. The fourth-order valence-electron chi connectivity index (χ4n) is 2.66. The van der Waals surface area contributed by atoms with Gasteiger partial charge in [-0.05, 0) is 47.3 Å². The lowest BCUT2D eigenvalue weighted by atomic mass is 9.92. The third-order valence-corrected chi connectivity index (χ3v) is 4.68. The first kappa shape index (κ1) is 15.9. The first-order valence-electron chi connectivity index (χ1n) is 6.84. The first-order valence-corrected chi connectivity index (χ1v) is 7.64. The summed E-state index contributed by atoms with van der Waals surface area (Å²) in [6.07, 6.45) is 1.72. The van der Waals surface area contributed by atoms with Gasteiger partial charge in [-0.25, -0.2) is 0 Å². The Balaban J connectivity index is 2.14. The molecule has 2 unspecified atom stereocenters. The number of benzene rings is 1. The number of amides is 1. The molecule has 0 saturated carbocycles. The smallest absolute Gasteiger partial charge is 0.283 e. The van der Waals surface area contributed by atoms with Crippen molar-refractivity contribution in [3.8, 4) is 0 Å². The number of hydrogen-bond acceptors (Lipinski definition) is 4. The van der Waals surface area contributed by atoms with Crippen LogP contribution in [0.5, 0.6) is 0 Å². The van der Waals surface area contributed by atoms with E-state index in [1.165, 1.54) is 0 Å². The van der Waals surface area contributed by atoms with Crippen molar-refractivity contribution in [1.29, 1.82) is 0 Å². The van der Waals surface area contributed by atoms with E-state index >= 15 is 0 Å². The lowest BCUT2D eigenvalue weighted by molar-refractivity contribution is -0.385. The van der Waals surface area contributed by atoms with Gasteiger partial charge in [0.1, 0.15) is 0 Å². The predicted molar refractivity (Wildman–Crippen MR) is 82.6 cm³/mol. The highest BCUT2D eigenvalue weighted by atomic mass is 79.9. The van der Waals surface area contributed by atoms with Crippen LogP contribution in [0.15, 0.2) is 22.7 Å². The molecular weight excluding hydrogens is 338 g/mol. The number of nitrogens with two attached hydrogens (primary N) is 1. The lowest BCUT2D eigenvalue weighted by Crippen LogP contribution is -2.45. The number of carbonyl (C=O) groups excluding carboxylic acids is 1. The van der Waals surface area contributed by atoms with Gasteiger partial charge in [-0.15, -0.1) is 0 Å². The van der Waals surface area contributed by atoms with Crippen LogP contribution in [0.3, 0.4) is 0 Å². The van der Waals surface area contributed by atoms with Gasteiger partial charge in [-0.1, -0.05) is 6.07 Å². The Kier molecular flexibility index (Phi) is 4.95. The SMILES string of the molecule is CC1CCC(C(N)=O)CN1Cc1ccc(Br)c([N+](=O)[O-])c1. The highest BCUT2D eigenvalue weighted by molar-refractivity contribution is 9.10. The zero-order valence-electron chi connectivity index (χ0n) is 11.8. The van der Waals surface area contributed by atoms with Crippen LogP contribution < -0.4 is 5.73 Å². The number of primary amides is 1. The topological polar surface area (TPSA) is 89.5 Å². The molecule has 1 aromatic rings. The Morgan fingerprint density at radius 3 is 2.86 bits per heavy atom. The number of nitrogens with zero attached hydrogens (tertiary/aromatic N) is 2. The van der Waals surface area contributed by atoms with Crippen LogP contribution in [0.4, 0.5) is 5.69 Å². The van der Waals surface area contributed by atoms with Crippen molar-refractivity contribution in [2.45, 2.75) is 32.4 Å². The van der Waals surface area contributed by atoms with Crippen LogP contribution in [-0.2, 0) is 11.3 Å². The fraction of sp³-hybridized carbons (Fsp3) is 0.500. The van der Waals surface area contributed by atoms with E-state index in [0.717, 1.165) is 18.4 Å². The number of carbonyl (C=O) groups is 1. The zero-order chi connectivity index (χ0) is 15.6. The maximum absolute atomic E-state index is 11.3. The monoisotopic (exact) mass is 355 g/mol. The van der Waals surface area contributed by atoms with Crippen molar-refractivity contribution in [1.82, 2.24) is 4.90 Å². The molecule has 2 atom stereocenters. The Hall–Kier alpha value is -1.47. The Morgan fingerprint density at radius 2 is 2.24 bits per heavy atom. The van der Waals surface area contributed by atoms with Gasteiger partial charge < -0.3 is 5.73 Å². The quantitative estimate of drug-likeness (QED) is 0.663. The van der Waals surface area contributed by atoms with Gasteiger partial charge in [0.2, 0.25) is 5.91 Å². The van der Waals surface area contributed by atoms with Gasteiger partial charge in [-0.3, -0.25) is 19.8 Å². The van der Waals surface area contributed by atoms with Crippen LogP contribution >= 0.6 is 15.9 Å². The minimum absolute atomic E-state index is 0.0589. The maximum atomic E-state index is 11.3. The summed E-state index contributed by atoms with van der Waals surface area (Å²) >= 11 is 3.18. The van der Waals surface area contributed by atoms with Crippen molar-refractivity contribution >= 4 is 27.5 Å². The number of halogens is 1. The highest BCUT2D eigenvalue weighted by Gasteiger charge is 2.28. The van der Waals surface area contributed by atoms with Gasteiger partial charge >= 0.3 is 0 Å². The second-order valence-corrected chi connectivity index (χ2v) is 6.35. The maximum Gasteiger partial charge on any atom is 0.283 e. The summed E-state index contributed by atoms with van der Waals surface area (Å²) in [5.41, 5.74) is 6.31. The molecule has 0 spiro atoms. The zero-order valence-corrected chi connectivity index (χ0v) is 13.4. The Morgan fingerprint density at radius 1 is 1.52 bits per heavy atom. The van der Waals surface area contributed by atoms with E-state index in [4.69, 9.17) is 5.73 Å². The molecule has 6 nitrogen and oxygen atoms in total. The molecule has 7 heteroatoms. The standard InChI is InChI=1S/C14H18BrN3O3/c1-9-2-4-11(14(16)19)8-17(9)7-10-3-5-12(15)13(6-10)18(20)21/h3,5-6,9,11H,2,4,7-8H2,1H3,(H2,16,19). The minimum atomic E-state index is -0.403. The molecule has 1 amide bonds. The van der Waals surface area contributed by atoms with Gasteiger partial charge in [0.15, 0.2) is 0 Å². The number of nitro groups is 1. The van der Waals surface area contributed by atoms with Crippen molar-refractivity contribution in [2.24, 2.45) is 11.7 Å². The predicted octanol–water partition coefficient (Wildman–Crippen LogP) is 2.44. The summed E-state index contributed by atoms with van der Waals surface area (Å²) < 4.78 is 0.470. The third-order valence-electron chi connectivity index (χ3n) is 4.01. The summed E-state index contributed by atoms with van der Waals surface area (Å²) in [6.45, 7) is 3.30. The second kappa shape index (κ2) is 6.53. The number of hydrogen-bond donors (Lipinski definition) is 1. The average molecular weight is 356 g/mol. The number of nitro benzene ring substituents is 1. The molecule has 0 bridgehead atoms. The van der Waals surface area contributed by atoms with Crippen LogP contribution in [0.25, 0.3) is 0 Å². The molecule has 2 rings (SSSR count). The molecule has 0 radical (unpaired) electrons. The molecule has 0 aromatic heterocycles. The second-order valence-electron chi connectivity index (χ2n) is 5.50. The van der Waals surface area contributed by atoms with E-state index in [1.54, 1.807) is 12.1 Å². The van der Waals surface area contributed by atoms with Crippen LogP contribution in [0, 0.1) is 16.0 Å². The highest BCUT2D eigenvalue weighted by Crippen LogP contribution is 2.28.